The Morgan fingerprint density at radius 1 is 0.971 bits per heavy atom. The molecule has 4 amide bonds. The fourth-order valence-corrected chi connectivity index (χ4v) is 4.14. The first kappa shape index (κ1) is 23.8. The monoisotopic (exact) mass is 492 g/mol. The zero-order valence-corrected chi connectivity index (χ0v) is 19.4. The molecule has 1 aromatic heterocycles. The van der Waals surface area contributed by atoms with E-state index in [4.69, 9.17) is 9.47 Å². The summed E-state index contributed by atoms with van der Waals surface area (Å²) in [6.07, 6.45) is 0. The van der Waals surface area contributed by atoms with Gasteiger partial charge in [0.15, 0.2) is 6.61 Å². The van der Waals surface area contributed by atoms with Crippen LogP contribution in [0.15, 0.2) is 60.0 Å². The third-order valence-corrected chi connectivity index (χ3v) is 5.98. The van der Waals surface area contributed by atoms with Crippen molar-refractivity contribution in [2.24, 2.45) is 0 Å². The summed E-state index contributed by atoms with van der Waals surface area (Å²) in [5, 5.41) is 3.85. The number of hydrogen-bond donors (Lipinski definition) is 1. The molecule has 0 unspecified atom stereocenters. The minimum absolute atomic E-state index is 0.0262. The van der Waals surface area contributed by atoms with Crippen molar-refractivity contribution in [2.45, 2.75) is 13.5 Å². The molecule has 1 aliphatic rings. The maximum Gasteiger partial charge on any atom is 0.342 e. The maximum atomic E-state index is 12.7. The zero-order chi connectivity index (χ0) is 24.9. The van der Waals surface area contributed by atoms with Crippen LogP contribution in [0.2, 0.25) is 0 Å². The second-order valence-corrected chi connectivity index (χ2v) is 8.38. The molecule has 3 aromatic rings. The van der Waals surface area contributed by atoms with E-state index in [9.17, 15) is 24.0 Å². The summed E-state index contributed by atoms with van der Waals surface area (Å²) in [5.41, 5.74) is 1.17. The van der Waals surface area contributed by atoms with Gasteiger partial charge in [0.05, 0.1) is 29.2 Å². The SMILES string of the molecule is CCOc1ccc(CN2C(=O)c3ccccc3C2=O)cc1C(=O)OCC(=O)NC(=O)c1cccs1. The van der Waals surface area contributed by atoms with Crippen LogP contribution >= 0.6 is 11.3 Å². The van der Waals surface area contributed by atoms with Crippen LogP contribution in [0.1, 0.15) is 53.2 Å². The minimum Gasteiger partial charge on any atom is -0.493 e. The predicted octanol–water partition coefficient (Wildman–Crippen LogP) is 3.06. The van der Waals surface area contributed by atoms with Crippen molar-refractivity contribution in [2.75, 3.05) is 13.2 Å². The van der Waals surface area contributed by atoms with E-state index in [-0.39, 0.29) is 24.5 Å². The Balaban J connectivity index is 1.45. The second kappa shape index (κ2) is 10.3. The van der Waals surface area contributed by atoms with Crippen LogP contribution in [-0.4, -0.2) is 47.7 Å². The van der Waals surface area contributed by atoms with Crippen molar-refractivity contribution >= 4 is 40.9 Å². The number of carbonyl (C=O) groups is 5. The highest BCUT2D eigenvalue weighted by atomic mass is 32.1. The van der Waals surface area contributed by atoms with E-state index in [2.05, 4.69) is 5.32 Å². The van der Waals surface area contributed by atoms with Crippen molar-refractivity contribution in [1.82, 2.24) is 10.2 Å². The summed E-state index contributed by atoms with van der Waals surface area (Å²) < 4.78 is 10.6. The fraction of sp³-hybridized carbons (Fsp3) is 0.160. The molecular weight excluding hydrogens is 472 g/mol. The van der Waals surface area contributed by atoms with Crippen LogP contribution in [0.3, 0.4) is 0 Å². The number of fused-ring (bicyclic) bond motifs is 1. The normalized spacial score (nSPS) is 12.3. The number of thiophene rings is 1. The lowest BCUT2D eigenvalue weighted by Gasteiger charge is -2.16. The highest BCUT2D eigenvalue weighted by molar-refractivity contribution is 7.12. The molecular formula is C25H20N2O7S. The topological polar surface area (TPSA) is 119 Å². The first-order chi connectivity index (χ1) is 16.9. The Morgan fingerprint density at radius 3 is 2.31 bits per heavy atom. The van der Waals surface area contributed by atoms with Crippen molar-refractivity contribution < 1.29 is 33.4 Å². The third-order valence-electron chi connectivity index (χ3n) is 5.11. The number of imide groups is 2. The molecule has 4 rings (SSSR count). The van der Waals surface area contributed by atoms with Gasteiger partial charge in [0.2, 0.25) is 0 Å². The van der Waals surface area contributed by atoms with Gasteiger partial charge in [-0.3, -0.25) is 29.4 Å². The highest BCUT2D eigenvalue weighted by Gasteiger charge is 2.35. The van der Waals surface area contributed by atoms with E-state index >= 15 is 0 Å². The molecule has 0 atom stereocenters. The van der Waals surface area contributed by atoms with Gasteiger partial charge < -0.3 is 9.47 Å². The number of benzene rings is 2. The summed E-state index contributed by atoms with van der Waals surface area (Å²) in [7, 11) is 0. The van der Waals surface area contributed by atoms with Gasteiger partial charge in [-0.2, -0.15) is 0 Å². The number of hydrogen-bond acceptors (Lipinski definition) is 8. The van der Waals surface area contributed by atoms with Crippen molar-refractivity contribution in [3.63, 3.8) is 0 Å². The summed E-state index contributed by atoms with van der Waals surface area (Å²) in [6.45, 7) is 1.28. The average Bonchev–Trinajstić information content (AvgIpc) is 3.48. The van der Waals surface area contributed by atoms with Gasteiger partial charge in [-0.05, 0) is 48.2 Å². The van der Waals surface area contributed by atoms with E-state index < -0.39 is 36.2 Å². The molecule has 178 valence electrons. The number of nitrogens with zero attached hydrogens (tertiary/aromatic N) is 1. The Morgan fingerprint density at radius 2 is 1.69 bits per heavy atom. The summed E-state index contributed by atoms with van der Waals surface area (Å²) in [5.74, 6) is -2.84. The molecule has 1 N–H and O–H groups in total. The number of rotatable bonds is 8. The summed E-state index contributed by atoms with van der Waals surface area (Å²) >= 11 is 1.17. The molecule has 9 nitrogen and oxygen atoms in total. The van der Waals surface area contributed by atoms with Crippen molar-refractivity contribution in [1.29, 1.82) is 0 Å². The average molecular weight is 493 g/mol. The van der Waals surface area contributed by atoms with Gasteiger partial charge in [0.25, 0.3) is 23.6 Å². The Hall–Kier alpha value is -4.31. The van der Waals surface area contributed by atoms with Crippen LogP contribution in [0.4, 0.5) is 0 Å². The largest absolute Gasteiger partial charge is 0.493 e. The van der Waals surface area contributed by atoms with E-state index in [0.29, 0.717) is 21.6 Å². The molecule has 0 radical (unpaired) electrons. The van der Waals surface area contributed by atoms with Gasteiger partial charge in [-0.15, -0.1) is 11.3 Å². The van der Waals surface area contributed by atoms with Crippen LogP contribution in [-0.2, 0) is 16.1 Å². The van der Waals surface area contributed by atoms with Gasteiger partial charge in [-0.25, -0.2) is 4.79 Å². The van der Waals surface area contributed by atoms with Crippen LogP contribution in [0, 0.1) is 0 Å². The maximum absolute atomic E-state index is 12.7. The Labute approximate surface area is 204 Å². The van der Waals surface area contributed by atoms with Crippen LogP contribution in [0.25, 0.3) is 0 Å². The smallest absolute Gasteiger partial charge is 0.342 e. The van der Waals surface area contributed by atoms with E-state index in [1.165, 1.54) is 23.5 Å². The van der Waals surface area contributed by atoms with Crippen molar-refractivity contribution in [3.05, 3.63) is 87.1 Å². The lowest BCUT2D eigenvalue weighted by atomic mass is 10.1. The molecule has 0 aliphatic carbocycles. The number of esters is 1. The fourth-order valence-electron chi connectivity index (χ4n) is 3.52. The van der Waals surface area contributed by atoms with E-state index in [0.717, 1.165) is 4.90 Å². The zero-order valence-electron chi connectivity index (χ0n) is 18.6. The predicted molar refractivity (Wildman–Crippen MR) is 125 cm³/mol. The molecule has 35 heavy (non-hydrogen) atoms. The first-order valence-electron chi connectivity index (χ1n) is 10.6. The molecule has 10 heteroatoms. The quantitative estimate of drug-likeness (QED) is 0.379. The molecule has 0 fully saturated rings. The lowest BCUT2D eigenvalue weighted by Crippen LogP contribution is -2.33. The standard InChI is InChI=1S/C25H20N2O7S/c1-2-33-19-10-9-15(13-27-23(30)16-6-3-4-7-17(16)24(27)31)12-18(19)25(32)34-14-21(28)26-22(29)20-8-5-11-35-20/h3-12H,2,13-14H2,1H3,(H,26,28,29). The Bertz CT molecular complexity index is 1280. The van der Waals surface area contributed by atoms with Crippen LogP contribution < -0.4 is 10.1 Å². The molecule has 1 aliphatic heterocycles. The van der Waals surface area contributed by atoms with Crippen LogP contribution in [0.5, 0.6) is 5.75 Å². The van der Waals surface area contributed by atoms with Gasteiger partial charge in [-0.1, -0.05) is 24.3 Å². The highest BCUT2D eigenvalue weighted by Crippen LogP contribution is 2.27. The number of ether oxygens (including phenoxy) is 2. The molecule has 0 spiro atoms. The van der Waals surface area contributed by atoms with Gasteiger partial charge in [0, 0.05) is 0 Å². The molecule has 0 saturated carbocycles. The van der Waals surface area contributed by atoms with Gasteiger partial charge >= 0.3 is 5.97 Å². The Kier molecular flexibility index (Phi) is 7.02. The number of carbonyl (C=O) groups excluding carboxylic acids is 5. The van der Waals surface area contributed by atoms with E-state index in [1.54, 1.807) is 54.8 Å². The lowest BCUT2D eigenvalue weighted by molar-refractivity contribution is -0.123. The minimum atomic E-state index is -0.851. The summed E-state index contributed by atoms with van der Waals surface area (Å²) in [4.78, 5) is 63.6. The van der Waals surface area contributed by atoms with Gasteiger partial charge in [0.1, 0.15) is 11.3 Å². The molecule has 0 saturated heterocycles. The second-order valence-electron chi connectivity index (χ2n) is 7.44. The summed E-state index contributed by atoms with van der Waals surface area (Å²) in [6, 6.07) is 14.4. The number of nitrogens with one attached hydrogen (secondary N) is 1. The molecule has 2 aromatic carbocycles. The number of amides is 4. The molecule has 2 heterocycles. The van der Waals surface area contributed by atoms with E-state index in [1.807, 2.05) is 0 Å². The molecule has 0 bridgehead atoms. The third kappa shape index (κ3) is 5.12. The first-order valence-corrected chi connectivity index (χ1v) is 11.5. The van der Waals surface area contributed by atoms with Crippen molar-refractivity contribution in [3.8, 4) is 5.75 Å².